The third-order valence-corrected chi connectivity index (χ3v) is 7.33. The van der Waals surface area contributed by atoms with Crippen LogP contribution in [-0.2, 0) is 20.9 Å². The van der Waals surface area contributed by atoms with Crippen LogP contribution in [0.3, 0.4) is 0 Å². The molecule has 2 saturated heterocycles. The summed E-state index contributed by atoms with van der Waals surface area (Å²) in [5.74, 6) is 1.06. The van der Waals surface area contributed by atoms with Gasteiger partial charge in [0.1, 0.15) is 18.1 Å². The first kappa shape index (κ1) is 31.0. The van der Waals surface area contributed by atoms with E-state index in [0.717, 1.165) is 11.1 Å². The Kier molecular flexibility index (Phi) is 10.5. The van der Waals surface area contributed by atoms with Gasteiger partial charge in [-0.25, -0.2) is 4.79 Å². The Labute approximate surface area is 253 Å². The van der Waals surface area contributed by atoms with E-state index in [1.807, 2.05) is 24.3 Å². The first-order valence-corrected chi connectivity index (χ1v) is 13.9. The summed E-state index contributed by atoms with van der Waals surface area (Å²) in [5, 5.41) is 9.66. The van der Waals surface area contributed by atoms with Crippen molar-refractivity contribution in [2.75, 3.05) is 14.2 Å². The molecule has 222 valence electrons. The Bertz CT molecular complexity index is 1440. The van der Waals surface area contributed by atoms with Gasteiger partial charge >= 0.3 is 6.09 Å². The zero-order valence-electron chi connectivity index (χ0n) is 23.1. The highest BCUT2D eigenvalue weighted by Gasteiger charge is 2.35. The van der Waals surface area contributed by atoms with Gasteiger partial charge in [0, 0.05) is 40.6 Å². The average molecular weight is 616 g/mol. The van der Waals surface area contributed by atoms with Gasteiger partial charge in [-0.05, 0) is 47.5 Å². The minimum Gasteiger partial charge on any atom is -0.497 e. The number of ether oxygens (including phenoxy) is 3. The smallest absolute Gasteiger partial charge is 0.407 e. The minimum atomic E-state index is -0.619. The fraction of sp³-hybridized carbons (Fsp3) is 0.300. The largest absolute Gasteiger partial charge is 0.497 e. The van der Waals surface area contributed by atoms with Gasteiger partial charge in [-0.3, -0.25) is 9.59 Å². The van der Waals surface area contributed by atoms with Gasteiger partial charge in [0.2, 0.25) is 11.8 Å². The standard InChI is InChI=1S/C20H21ClN2O5.C10H11ClN2O/c1-26-15-7-6-13(17(9-15)27-2)11-28-20(25)22-16-10-18(24)23-19(16)12-4-3-5-14(21)8-12;11-7-3-1-2-6(4-7)10-8(12)5-9(14)13-10/h3-9,16,19H,10-11H2,1-2H3,(H,22,25)(H,23,24);1-4,8,10H,5,12H2,(H,13,14)/t16-,19+;8-,10+/m00/s1. The Morgan fingerprint density at radius 2 is 1.50 bits per heavy atom. The fourth-order valence-corrected chi connectivity index (χ4v) is 5.21. The summed E-state index contributed by atoms with van der Waals surface area (Å²) < 4.78 is 15.8. The summed E-state index contributed by atoms with van der Waals surface area (Å²) in [4.78, 5) is 35.2. The summed E-state index contributed by atoms with van der Waals surface area (Å²) in [6, 6.07) is 18.8. The quantitative estimate of drug-likeness (QED) is 0.308. The number of nitrogens with two attached hydrogens (primary N) is 1. The maximum atomic E-state index is 12.3. The number of hydrogen-bond donors (Lipinski definition) is 4. The molecule has 0 bridgehead atoms. The molecule has 42 heavy (non-hydrogen) atoms. The molecule has 12 heteroatoms. The number of rotatable bonds is 7. The van der Waals surface area contributed by atoms with Gasteiger partial charge in [0.15, 0.2) is 0 Å². The highest BCUT2D eigenvalue weighted by Crippen LogP contribution is 2.28. The first-order valence-electron chi connectivity index (χ1n) is 13.2. The number of alkyl carbamates (subject to hydrolysis) is 1. The van der Waals surface area contributed by atoms with Crippen LogP contribution in [0.5, 0.6) is 11.5 Å². The number of amides is 3. The van der Waals surface area contributed by atoms with E-state index in [2.05, 4.69) is 16.0 Å². The molecule has 2 aliphatic rings. The highest BCUT2D eigenvalue weighted by molar-refractivity contribution is 6.30. The summed E-state index contributed by atoms with van der Waals surface area (Å²) in [6.45, 7) is 0.0227. The molecule has 2 heterocycles. The number of nitrogens with one attached hydrogen (secondary N) is 3. The molecular formula is C30H32Cl2N4O6. The second-order valence-corrected chi connectivity index (χ2v) is 10.7. The topological polar surface area (TPSA) is 141 Å². The number of carbonyl (C=O) groups excluding carboxylic acids is 3. The third kappa shape index (κ3) is 8.06. The lowest BCUT2D eigenvalue weighted by Crippen LogP contribution is -2.38. The molecule has 0 aromatic heterocycles. The monoisotopic (exact) mass is 614 g/mol. The predicted octanol–water partition coefficient (Wildman–Crippen LogP) is 4.44. The van der Waals surface area contributed by atoms with Crippen LogP contribution in [0.4, 0.5) is 4.79 Å². The van der Waals surface area contributed by atoms with Crippen molar-refractivity contribution in [1.29, 1.82) is 0 Å². The number of hydrogen-bond acceptors (Lipinski definition) is 7. The van der Waals surface area contributed by atoms with Gasteiger partial charge in [-0.15, -0.1) is 0 Å². The van der Waals surface area contributed by atoms with Crippen molar-refractivity contribution in [3.63, 3.8) is 0 Å². The zero-order chi connectivity index (χ0) is 30.2. The second kappa shape index (κ2) is 14.3. The third-order valence-electron chi connectivity index (χ3n) is 6.86. The maximum absolute atomic E-state index is 12.3. The summed E-state index contributed by atoms with van der Waals surface area (Å²) in [7, 11) is 3.09. The molecule has 2 fully saturated rings. The van der Waals surface area contributed by atoms with Crippen molar-refractivity contribution in [3.05, 3.63) is 93.5 Å². The zero-order valence-corrected chi connectivity index (χ0v) is 24.6. The first-order chi connectivity index (χ1) is 20.2. The molecule has 10 nitrogen and oxygen atoms in total. The molecule has 5 N–H and O–H groups in total. The van der Waals surface area contributed by atoms with Gasteiger partial charge in [-0.1, -0.05) is 47.5 Å². The molecule has 0 aliphatic carbocycles. The van der Waals surface area contributed by atoms with Crippen molar-refractivity contribution in [2.45, 2.75) is 43.6 Å². The van der Waals surface area contributed by atoms with E-state index >= 15 is 0 Å². The highest BCUT2D eigenvalue weighted by atomic mass is 35.5. The lowest BCUT2D eigenvalue weighted by Gasteiger charge is -2.20. The van der Waals surface area contributed by atoms with Gasteiger partial charge < -0.3 is 35.9 Å². The Morgan fingerprint density at radius 3 is 2.07 bits per heavy atom. The van der Waals surface area contributed by atoms with E-state index in [9.17, 15) is 14.4 Å². The van der Waals surface area contributed by atoms with Crippen LogP contribution in [0, 0.1) is 0 Å². The molecule has 0 radical (unpaired) electrons. The van der Waals surface area contributed by atoms with Gasteiger partial charge in [-0.2, -0.15) is 0 Å². The molecule has 3 amide bonds. The van der Waals surface area contributed by atoms with Crippen LogP contribution in [0.2, 0.25) is 10.0 Å². The predicted molar refractivity (Wildman–Crippen MR) is 159 cm³/mol. The van der Waals surface area contributed by atoms with Crippen LogP contribution in [0.25, 0.3) is 0 Å². The van der Waals surface area contributed by atoms with Crippen LogP contribution >= 0.6 is 23.2 Å². The van der Waals surface area contributed by atoms with E-state index in [1.165, 1.54) is 7.11 Å². The Balaban J connectivity index is 0.000000241. The van der Waals surface area contributed by atoms with Crippen LogP contribution in [0.1, 0.15) is 41.6 Å². The van der Waals surface area contributed by atoms with Crippen LogP contribution in [-0.4, -0.2) is 44.2 Å². The lowest BCUT2D eigenvalue weighted by atomic mass is 10.0. The summed E-state index contributed by atoms with van der Waals surface area (Å²) in [6.07, 6.45) is -0.0682. The molecule has 2 aliphatic heterocycles. The normalized spacial score (nSPS) is 21.0. The van der Waals surface area contributed by atoms with Crippen LogP contribution in [0.15, 0.2) is 66.7 Å². The minimum absolute atomic E-state index is 0.00229. The number of benzene rings is 3. The lowest BCUT2D eigenvalue weighted by molar-refractivity contribution is -0.120. The second-order valence-electron chi connectivity index (χ2n) is 9.78. The molecular weight excluding hydrogens is 583 g/mol. The van der Waals surface area contributed by atoms with Gasteiger partial charge in [0.25, 0.3) is 0 Å². The van der Waals surface area contributed by atoms with Crippen LogP contribution < -0.4 is 31.2 Å². The van der Waals surface area contributed by atoms with Crippen molar-refractivity contribution >= 4 is 41.1 Å². The number of halogens is 2. The van der Waals surface area contributed by atoms with Crippen molar-refractivity contribution in [1.82, 2.24) is 16.0 Å². The molecule has 0 spiro atoms. The molecule has 3 aromatic rings. The molecule has 4 atom stereocenters. The molecule has 5 rings (SSSR count). The molecule has 0 saturated carbocycles. The molecule has 3 aromatic carbocycles. The maximum Gasteiger partial charge on any atom is 0.407 e. The fourth-order valence-electron chi connectivity index (χ4n) is 4.81. The van der Waals surface area contributed by atoms with E-state index in [1.54, 1.807) is 49.6 Å². The van der Waals surface area contributed by atoms with Crippen molar-refractivity contribution in [2.24, 2.45) is 5.73 Å². The SMILES string of the molecule is COc1ccc(COC(=O)N[C@H]2CC(=O)N[C@@H]2c2cccc(Cl)c2)c(OC)c1.N[C@H]1CC(=O)N[C@@H]1c1cccc(Cl)c1. The number of methoxy groups -OCH3 is 2. The van der Waals surface area contributed by atoms with E-state index in [-0.39, 0.29) is 43.0 Å². The van der Waals surface area contributed by atoms with E-state index in [0.29, 0.717) is 33.5 Å². The molecule has 0 unspecified atom stereocenters. The summed E-state index contributed by atoms with van der Waals surface area (Å²) >= 11 is 11.9. The van der Waals surface area contributed by atoms with E-state index in [4.69, 9.17) is 43.1 Å². The Morgan fingerprint density at radius 1 is 0.881 bits per heavy atom. The van der Waals surface area contributed by atoms with Crippen molar-refractivity contribution < 1.29 is 28.6 Å². The average Bonchev–Trinajstić information content (AvgIpc) is 3.51. The van der Waals surface area contributed by atoms with E-state index < -0.39 is 12.1 Å². The van der Waals surface area contributed by atoms with Gasteiger partial charge in [0.05, 0.1) is 32.3 Å². The number of carbonyl (C=O) groups is 3. The van der Waals surface area contributed by atoms with Crippen molar-refractivity contribution in [3.8, 4) is 11.5 Å². The Hall–Kier alpha value is -3.99. The summed E-state index contributed by atoms with van der Waals surface area (Å²) in [5.41, 5.74) is 8.31.